The molecule has 3 aromatic rings. The van der Waals surface area contributed by atoms with Gasteiger partial charge in [-0.2, -0.15) is 0 Å². The van der Waals surface area contributed by atoms with Crippen LogP contribution >= 0.6 is 27.7 Å². The van der Waals surface area contributed by atoms with Crippen molar-refractivity contribution in [3.05, 3.63) is 98.6 Å². The van der Waals surface area contributed by atoms with Gasteiger partial charge < -0.3 is 10.1 Å². The lowest BCUT2D eigenvalue weighted by Gasteiger charge is -2.13. The first-order chi connectivity index (χ1) is 16.8. The van der Waals surface area contributed by atoms with Crippen molar-refractivity contribution in [2.75, 3.05) is 11.9 Å². The van der Waals surface area contributed by atoms with Gasteiger partial charge in [0, 0.05) is 15.7 Å². The number of carbonyl (C=O) groups excluding carboxylic acids is 3. The van der Waals surface area contributed by atoms with E-state index in [9.17, 15) is 18.8 Å². The number of benzene rings is 3. The number of hydrogen-bond acceptors (Lipinski definition) is 5. The van der Waals surface area contributed by atoms with Gasteiger partial charge in [-0.3, -0.25) is 19.3 Å². The van der Waals surface area contributed by atoms with Crippen LogP contribution in [0.1, 0.15) is 16.7 Å². The second-order valence-corrected chi connectivity index (χ2v) is 9.64. The van der Waals surface area contributed by atoms with Crippen LogP contribution in [0.2, 0.25) is 0 Å². The van der Waals surface area contributed by atoms with Gasteiger partial charge in [-0.15, -0.1) is 0 Å². The molecule has 0 saturated carbocycles. The summed E-state index contributed by atoms with van der Waals surface area (Å²) in [5.41, 5.74) is 2.85. The molecule has 0 aliphatic carbocycles. The SMILES string of the molecule is Cc1ccccc1NC(=O)CN1C(=O)S/C(=C\c2cc(Br)ccc2OCc2ccc(F)cc2)C1=O. The molecule has 1 N–H and O–H groups in total. The van der Waals surface area contributed by atoms with Crippen LogP contribution in [-0.4, -0.2) is 28.5 Å². The minimum absolute atomic E-state index is 0.184. The van der Waals surface area contributed by atoms with Crippen LogP contribution in [0, 0.1) is 12.7 Å². The van der Waals surface area contributed by atoms with Gasteiger partial charge in [0.2, 0.25) is 5.91 Å². The molecule has 0 atom stereocenters. The highest BCUT2D eigenvalue weighted by Crippen LogP contribution is 2.35. The molecule has 1 saturated heterocycles. The first kappa shape index (κ1) is 24.7. The van der Waals surface area contributed by atoms with E-state index in [1.54, 1.807) is 48.5 Å². The van der Waals surface area contributed by atoms with E-state index in [0.29, 0.717) is 17.0 Å². The van der Waals surface area contributed by atoms with E-state index >= 15 is 0 Å². The summed E-state index contributed by atoms with van der Waals surface area (Å²) in [6.07, 6.45) is 1.56. The van der Waals surface area contributed by atoms with E-state index in [4.69, 9.17) is 4.74 Å². The van der Waals surface area contributed by atoms with Gasteiger partial charge in [-0.25, -0.2) is 4.39 Å². The lowest BCUT2D eigenvalue weighted by Crippen LogP contribution is -2.36. The van der Waals surface area contributed by atoms with Crippen LogP contribution in [0.25, 0.3) is 6.08 Å². The molecule has 3 aromatic carbocycles. The summed E-state index contributed by atoms with van der Waals surface area (Å²) in [5, 5.41) is 2.21. The molecule has 1 aliphatic rings. The fourth-order valence-corrected chi connectivity index (χ4v) is 4.54. The Hall–Kier alpha value is -3.43. The summed E-state index contributed by atoms with van der Waals surface area (Å²) in [6, 6.07) is 18.5. The second kappa shape index (κ2) is 10.9. The van der Waals surface area contributed by atoms with Crippen molar-refractivity contribution in [3.8, 4) is 5.75 Å². The second-order valence-electron chi connectivity index (χ2n) is 7.73. The van der Waals surface area contributed by atoms with Crippen molar-refractivity contribution in [1.29, 1.82) is 0 Å². The van der Waals surface area contributed by atoms with Crippen molar-refractivity contribution in [1.82, 2.24) is 4.90 Å². The molecule has 1 aliphatic heterocycles. The minimum atomic E-state index is -0.551. The molecule has 4 rings (SSSR count). The third kappa shape index (κ3) is 6.17. The molecule has 1 fully saturated rings. The molecule has 1 heterocycles. The number of thioether (sulfide) groups is 1. The number of imide groups is 1. The minimum Gasteiger partial charge on any atom is -0.488 e. The van der Waals surface area contributed by atoms with Crippen LogP contribution in [0.4, 0.5) is 14.9 Å². The lowest BCUT2D eigenvalue weighted by molar-refractivity contribution is -0.127. The third-order valence-corrected chi connectivity index (χ3v) is 6.56. The van der Waals surface area contributed by atoms with Crippen molar-refractivity contribution < 1.29 is 23.5 Å². The lowest BCUT2D eigenvalue weighted by atomic mass is 10.1. The first-order valence-electron chi connectivity index (χ1n) is 10.6. The topological polar surface area (TPSA) is 75.7 Å². The number of para-hydroxylation sites is 1. The molecular formula is C26H20BrFN2O4S. The number of anilines is 1. The van der Waals surface area contributed by atoms with Crippen LogP contribution in [0.5, 0.6) is 5.75 Å². The molecule has 35 heavy (non-hydrogen) atoms. The van der Waals surface area contributed by atoms with Crippen LogP contribution < -0.4 is 10.1 Å². The van der Waals surface area contributed by atoms with Crippen molar-refractivity contribution in [3.63, 3.8) is 0 Å². The number of rotatable bonds is 7. The fourth-order valence-electron chi connectivity index (χ4n) is 3.33. The first-order valence-corrected chi connectivity index (χ1v) is 12.2. The molecule has 0 aromatic heterocycles. The Bertz CT molecular complexity index is 1330. The zero-order valence-corrected chi connectivity index (χ0v) is 21.0. The highest BCUT2D eigenvalue weighted by Gasteiger charge is 2.36. The average molecular weight is 555 g/mol. The Morgan fingerprint density at radius 1 is 1.11 bits per heavy atom. The number of ether oxygens (including phenoxy) is 1. The summed E-state index contributed by atoms with van der Waals surface area (Å²) in [6.45, 7) is 1.66. The third-order valence-electron chi connectivity index (χ3n) is 5.16. The molecule has 178 valence electrons. The van der Waals surface area contributed by atoms with Crippen molar-refractivity contribution >= 4 is 56.5 Å². The highest BCUT2D eigenvalue weighted by molar-refractivity contribution is 9.10. The molecule has 9 heteroatoms. The number of halogens is 2. The van der Waals surface area contributed by atoms with Crippen LogP contribution in [0.15, 0.2) is 76.1 Å². The van der Waals surface area contributed by atoms with Crippen molar-refractivity contribution in [2.45, 2.75) is 13.5 Å². The number of hydrogen-bond donors (Lipinski definition) is 1. The summed E-state index contributed by atoms with van der Waals surface area (Å²) >= 11 is 4.17. The largest absolute Gasteiger partial charge is 0.488 e. The van der Waals surface area contributed by atoms with Crippen molar-refractivity contribution in [2.24, 2.45) is 0 Å². The predicted octanol–water partition coefficient (Wildman–Crippen LogP) is 6.15. The Balaban J connectivity index is 1.48. The number of nitrogens with zero attached hydrogens (tertiary/aromatic N) is 1. The molecule has 0 radical (unpaired) electrons. The Labute approximate surface area is 214 Å². The highest BCUT2D eigenvalue weighted by atomic mass is 79.9. The quantitative estimate of drug-likeness (QED) is 0.354. The van der Waals surface area contributed by atoms with E-state index in [1.165, 1.54) is 12.1 Å². The number of aryl methyl sites for hydroxylation is 1. The predicted molar refractivity (Wildman–Crippen MR) is 137 cm³/mol. The molecule has 3 amide bonds. The van der Waals surface area contributed by atoms with Gasteiger partial charge in [0.15, 0.2) is 0 Å². The van der Waals surface area contributed by atoms with E-state index < -0.39 is 17.1 Å². The Kier molecular flexibility index (Phi) is 7.67. The van der Waals surface area contributed by atoms with Gasteiger partial charge in [0.05, 0.1) is 4.91 Å². The smallest absolute Gasteiger partial charge is 0.294 e. The van der Waals surface area contributed by atoms with E-state index in [0.717, 1.165) is 32.3 Å². The molecule has 0 bridgehead atoms. The molecule has 0 spiro atoms. The summed E-state index contributed by atoms with van der Waals surface area (Å²) in [4.78, 5) is 39.0. The number of nitrogens with one attached hydrogen (secondary N) is 1. The van der Waals surface area contributed by atoms with Gasteiger partial charge >= 0.3 is 0 Å². The molecule has 6 nitrogen and oxygen atoms in total. The van der Waals surface area contributed by atoms with Gasteiger partial charge in [0.25, 0.3) is 11.1 Å². The molecular weight excluding hydrogens is 535 g/mol. The standard InChI is InChI=1S/C26H20BrFN2O4S/c1-16-4-2-3-5-21(16)29-24(31)14-30-25(32)23(35-26(30)33)13-18-12-19(27)8-11-22(18)34-15-17-6-9-20(28)10-7-17/h2-13H,14-15H2,1H3,(H,29,31)/b23-13-. The van der Waals surface area contributed by atoms with E-state index in [-0.39, 0.29) is 23.9 Å². The fraction of sp³-hybridized carbons (Fsp3) is 0.115. The normalized spacial score (nSPS) is 14.5. The maximum Gasteiger partial charge on any atom is 0.294 e. The van der Waals surface area contributed by atoms with E-state index in [2.05, 4.69) is 21.2 Å². The Morgan fingerprint density at radius 3 is 2.60 bits per heavy atom. The number of amides is 3. The van der Waals surface area contributed by atoms with Gasteiger partial charge in [-0.1, -0.05) is 46.3 Å². The van der Waals surface area contributed by atoms with E-state index in [1.807, 2.05) is 19.1 Å². The van der Waals surface area contributed by atoms with Crippen LogP contribution in [-0.2, 0) is 16.2 Å². The van der Waals surface area contributed by atoms with Gasteiger partial charge in [0.1, 0.15) is 24.7 Å². The zero-order chi connectivity index (χ0) is 24.9. The van der Waals surface area contributed by atoms with Crippen LogP contribution in [0.3, 0.4) is 0 Å². The van der Waals surface area contributed by atoms with Gasteiger partial charge in [-0.05, 0) is 72.3 Å². The monoisotopic (exact) mass is 554 g/mol. The summed E-state index contributed by atoms with van der Waals surface area (Å²) < 4.78 is 19.8. The zero-order valence-electron chi connectivity index (χ0n) is 18.6. The molecule has 0 unspecified atom stereocenters. The average Bonchev–Trinajstić information content (AvgIpc) is 3.08. The summed E-state index contributed by atoms with van der Waals surface area (Å²) in [7, 11) is 0. The number of carbonyl (C=O) groups is 3. The Morgan fingerprint density at radius 2 is 1.86 bits per heavy atom. The summed E-state index contributed by atoms with van der Waals surface area (Å²) in [5.74, 6) is -0.860. The maximum absolute atomic E-state index is 13.1. The maximum atomic E-state index is 13.1.